The summed E-state index contributed by atoms with van der Waals surface area (Å²) in [5, 5.41) is 1.48. The number of hydrogen-bond acceptors (Lipinski definition) is 0. The monoisotopic (exact) mass is 308 g/mol. The number of rotatable bonds is 3. The fraction of sp³-hybridized carbons (Fsp3) is 0.0833. The fourth-order valence-electron chi connectivity index (χ4n) is 1.45. The van der Waals surface area contributed by atoms with Crippen LogP contribution in [0.3, 0.4) is 0 Å². The Bertz CT molecular complexity index is 399. The summed E-state index contributed by atoms with van der Waals surface area (Å²) in [6.45, 7) is 0.959. The summed E-state index contributed by atoms with van der Waals surface area (Å²) >= 11 is -1.18. The summed E-state index contributed by atoms with van der Waals surface area (Å²) in [6.07, 6.45) is 7.85. The summed E-state index contributed by atoms with van der Waals surface area (Å²) in [4.78, 5) is 4.39. The molecule has 1 aromatic rings. The van der Waals surface area contributed by atoms with E-state index >= 15 is 0 Å². The second kappa shape index (κ2) is 8.39. The molecule has 0 spiro atoms. The quantitative estimate of drug-likeness (QED) is 0.591. The average molecular weight is 309 g/mol. The summed E-state index contributed by atoms with van der Waals surface area (Å²) in [6, 6.07) is 10.8. The predicted molar refractivity (Wildman–Crippen MR) is 77.8 cm³/mol. The first kappa shape index (κ1) is 16.3. The van der Waals surface area contributed by atoms with Gasteiger partial charge in [-0.2, -0.15) is 0 Å². The van der Waals surface area contributed by atoms with Crippen LogP contribution < -0.4 is 5.30 Å². The normalized spacial score (nSPS) is 13.1. The molecule has 1 unspecified atom stereocenters. The van der Waals surface area contributed by atoms with Crippen molar-refractivity contribution in [2.24, 2.45) is 0 Å². The van der Waals surface area contributed by atoms with Crippen LogP contribution >= 0.6 is 31.4 Å². The van der Waals surface area contributed by atoms with Crippen LogP contribution in [0.25, 0.3) is 0 Å². The van der Waals surface area contributed by atoms with Gasteiger partial charge in [0.2, 0.25) is 0 Å². The van der Waals surface area contributed by atoms with Crippen LogP contribution in [0.15, 0.2) is 52.4 Å². The van der Waals surface area contributed by atoms with Crippen LogP contribution in [0.5, 0.6) is 0 Å². The van der Waals surface area contributed by atoms with Gasteiger partial charge >= 0.3 is 92.4 Å². The van der Waals surface area contributed by atoms with Crippen molar-refractivity contribution in [3.8, 4) is 0 Å². The van der Waals surface area contributed by atoms with E-state index < -0.39 is 16.9 Å². The molecule has 86 valence electrons. The minimum atomic E-state index is -1.18. The average Bonchev–Trinajstić information content (AvgIpc) is 2.72. The second-order valence-corrected chi connectivity index (χ2v) is 10.3. The fourth-order valence-corrected chi connectivity index (χ4v) is 7.28. The van der Waals surface area contributed by atoms with Crippen LogP contribution in [-0.2, 0) is 16.9 Å². The zero-order valence-electron chi connectivity index (χ0n) is 8.85. The molecule has 0 radical (unpaired) electrons. The zero-order valence-corrected chi connectivity index (χ0v) is 13.0. The van der Waals surface area contributed by atoms with Gasteiger partial charge in [0.1, 0.15) is 0 Å². The van der Waals surface area contributed by atoms with Crippen LogP contribution in [0.4, 0.5) is 0 Å². The molecule has 0 aliphatic heterocycles. The van der Waals surface area contributed by atoms with Gasteiger partial charge in [-0.25, -0.2) is 0 Å². The van der Waals surface area contributed by atoms with Crippen molar-refractivity contribution in [3.63, 3.8) is 0 Å². The molecule has 0 N–H and O–H groups in total. The van der Waals surface area contributed by atoms with E-state index in [9.17, 15) is 0 Å². The van der Waals surface area contributed by atoms with E-state index in [1.165, 1.54) is 11.7 Å². The Balaban J connectivity index is 0.00000112. The molecule has 0 heterocycles. The molecule has 2 rings (SSSR count). The molecule has 1 aliphatic carbocycles. The van der Waals surface area contributed by atoms with Gasteiger partial charge in [0.15, 0.2) is 0 Å². The van der Waals surface area contributed by atoms with Gasteiger partial charge in [-0.05, 0) is 0 Å². The molecule has 0 nitrogen and oxygen atoms in total. The molecule has 4 heteroatoms. The second-order valence-electron chi connectivity index (χ2n) is 3.29. The van der Waals surface area contributed by atoms with E-state index in [2.05, 4.69) is 53.4 Å². The van der Waals surface area contributed by atoms with Crippen molar-refractivity contribution in [2.75, 3.05) is 0 Å². The van der Waals surface area contributed by atoms with Gasteiger partial charge < -0.3 is 0 Å². The van der Waals surface area contributed by atoms with E-state index in [0.29, 0.717) is 0 Å². The van der Waals surface area contributed by atoms with Crippen LogP contribution in [0, 0.1) is 0 Å². The van der Waals surface area contributed by atoms with Crippen molar-refractivity contribution in [2.45, 2.75) is 6.42 Å². The first-order chi connectivity index (χ1) is 6.86. The summed E-state index contributed by atoms with van der Waals surface area (Å²) in [5.74, 6) is 0. The number of hydrogen-bond donors (Lipinski definition) is 0. The van der Waals surface area contributed by atoms with Gasteiger partial charge in [-0.15, -0.1) is 24.8 Å². The Morgan fingerprint density at radius 1 is 1.12 bits per heavy atom. The van der Waals surface area contributed by atoms with Crippen molar-refractivity contribution >= 4 is 41.5 Å². The van der Waals surface area contributed by atoms with E-state index in [1.807, 2.05) is 0 Å². The SMILES string of the molecule is Cl.Cl.[CH2]=[Ti]([PH]c1ccccc1)[C]1=CC=CC1. The van der Waals surface area contributed by atoms with Crippen molar-refractivity contribution < 1.29 is 16.9 Å². The first-order valence-electron chi connectivity index (χ1n) is 4.73. The summed E-state index contributed by atoms with van der Waals surface area (Å²) in [7, 11) is 0. The Morgan fingerprint density at radius 3 is 2.38 bits per heavy atom. The summed E-state index contributed by atoms with van der Waals surface area (Å²) in [5.41, 5.74) is 0. The predicted octanol–water partition coefficient (Wildman–Crippen LogP) is 3.64. The maximum absolute atomic E-state index is 4.39. The standard InChI is InChI=1S/C6H6P.C5H5.CH2.2ClH.Ti/c7-6-4-2-1-3-5-6;1-2-4-5-3-1;;;;/h1-5,7H;1-3H,4H2;1H2;2*1H;/q-1;;;;;+1. The van der Waals surface area contributed by atoms with Crippen molar-refractivity contribution in [1.29, 1.82) is 0 Å². The Morgan fingerprint density at radius 2 is 1.81 bits per heavy atom. The third-order valence-corrected chi connectivity index (χ3v) is 9.03. The molecule has 1 aliphatic rings. The van der Waals surface area contributed by atoms with Gasteiger partial charge in [-0.1, -0.05) is 0 Å². The van der Waals surface area contributed by atoms with Gasteiger partial charge in [-0.3, -0.25) is 0 Å². The van der Waals surface area contributed by atoms with Crippen molar-refractivity contribution in [3.05, 3.63) is 52.4 Å². The topological polar surface area (TPSA) is 0 Å². The number of halogens is 2. The molecule has 1 aromatic carbocycles. The van der Waals surface area contributed by atoms with Gasteiger partial charge in [0, 0.05) is 0 Å². The number of allylic oxidation sites excluding steroid dienone is 4. The zero-order chi connectivity index (χ0) is 9.80. The van der Waals surface area contributed by atoms with E-state index in [0.717, 1.165) is 6.57 Å². The van der Waals surface area contributed by atoms with E-state index in [1.54, 1.807) is 3.88 Å². The summed E-state index contributed by atoms with van der Waals surface area (Å²) < 4.78 is 1.63. The van der Waals surface area contributed by atoms with Crippen LogP contribution in [-0.4, -0.2) is 4.82 Å². The Kier molecular flexibility index (Phi) is 8.55. The van der Waals surface area contributed by atoms with Gasteiger partial charge in [0.25, 0.3) is 0 Å². The van der Waals surface area contributed by atoms with E-state index in [4.69, 9.17) is 0 Å². The van der Waals surface area contributed by atoms with Crippen LogP contribution in [0.2, 0.25) is 0 Å². The minimum absolute atomic E-state index is 0. The molecule has 0 aromatic heterocycles. The molecule has 0 saturated heterocycles. The number of benzene rings is 1. The Hall–Kier alpha value is 0.294. The first-order valence-corrected chi connectivity index (χ1v) is 9.96. The molecule has 0 fully saturated rings. The molecule has 0 amide bonds. The van der Waals surface area contributed by atoms with Gasteiger partial charge in [0.05, 0.1) is 0 Å². The molecular weight excluding hydrogens is 294 g/mol. The molecule has 0 saturated carbocycles. The third kappa shape index (κ3) is 4.66. The molecule has 1 atom stereocenters. The molecule has 16 heavy (non-hydrogen) atoms. The molecular formula is C12H15Cl2PTi. The molecule has 0 bridgehead atoms. The van der Waals surface area contributed by atoms with Crippen LogP contribution in [0.1, 0.15) is 6.42 Å². The van der Waals surface area contributed by atoms with Crippen molar-refractivity contribution in [1.82, 2.24) is 0 Å². The maximum atomic E-state index is 4.39. The third-order valence-electron chi connectivity index (χ3n) is 2.23. The van der Waals surface area contributed by atoms with E-state index in [-0.39, 0.29) is 24.8 Å². The Labute approximate surface area is 117 Å².